The molecule has 0 aliphatic rings. The maximum absolute atomic E-state index is 11.1. The molecule has 3 N–H and O–H groups in total. The Morgan fingerprint density at radius 3 is 2.37 bits per heavy atom. The van der Waals surface area contributed by atoms with Crippen molar-refractivity contribution in [1.82, 2.24) is 4.98 Å². The fourth-order valence-electron chi connectivity index (χ4n) is 2.57. The van der Waals surface area contributed by atoms with Gasteiger partial charge >= 0.3 is 5.97 Å². The van der Waals surface area contributed by atoms with E-state index in [0.29, 0.717) is 11.1 Å². The van der Waals surface area contributed by atoms with E-state index in [9.17, 15) is 15.3 Å². The molecular weight excluding hydrogens is 344 g/mol. The van der Waals surface area contributed by atoms with Gasteiger partial charge in [0, 0.05) is 5.56 Å². The van der Waals surface area contributed by atoms with Gasteiger partial charge in [0.1, 0.15) is 34.8 Å². The molecule has 0 atom stereocenters. The fourth-order valence-corrected chi connectivity index (χ4v) is 2.57. The number of ether oxygens (including phenoxy) is 1. The number of benzene rings is 2. The van der Waals surface area contributed by atoms with Crippen LogP contribution in [0.15, 0.2) is 54.6 Å². The van der Waals surface area contributed by atoms with Crippen molar-refractivity contribution < 1.29 is 14.6 Å². The molecule has 130 valence electrons. The molecule has 0 unspecified atom stereocenters. The van der Waals surface area contributed by atoms with Gasteiger partial charge in [-0.3, -0.25) is 0 Å². The zero-order chi connectivity index (χ0) is 19.4. The molecule has 27 heavy (non-hydrogen) atoms. The van der Waals surface area contributed by atoms with Crippen molar-refractivity contribution in [3.05, 3.63) is 71.3 Å². The highest BCUT2D eigenvalue weighted by Crippen LogP contribution is 2.36. The van der Waals surface area contributed by atoms with Crippen LogP contribution in [0.4, 0.5) is 5.82 Å². The summed E-state index contributed by atoms with van der Waals surface area (Å²) < 4.78 is 5.65. The second-order valence-electron chi connectivity index (χ2n) is 5.45. The lowest BCUT2D eigenvalue weighted by Gasteiger charge is -2.13. The summed E-state index contributed by atoms with van der Waals surface area (Å²) in [6.45, 7) is 0. The summed E-state index contributed by atoms with van der Waals surface area (Å²) in [7, 11) is 0. The van der Waals surface area contributed by atoms with E-state index in [1.54, 1.807) is 30.3 Å². The van der Waals surface area contributed by atoms with Gasteiger partial charge in [-0.25, -0.2) is 4.79 Å². The van der Waals surface area contributed by atoms with Crippen LogP contribution in [0.2, 0.25) is 0 Å². The van der Waals surface area contributed by atoms with Gasteiger partial charge in [0.25, 0.3) is 0 Å². The average molecular weight is 356 g/mol. The first-order chi connectivity index (χ1) is 13.0. The Labute approximate surface area is 154 Å². The molecule has 1 heterocycles. The number of hydrogen-bond donors (Lipinski definition) is 2. The molecule has 0 saturated carbocycles. The first-order valence-corrected chi connectivity index (χ1v) is 7.75. The average Bonchev–Trinajstić information content (AvgIpc) is 2.68. The van der Waals surface area contributed by atoms with Crippen molar-refractivity contribution in [2.45, 2.75) is 0 Å². The second-order valence-corrected chi connectivity index (χ2v) is 5.45. The Morgan fingerprint density at radius 1 is 1.04 bits per heavy atom. The lowest BCUT2D eigenvalue weighted by molar-refractivity contribution is 0.0696. The van der Waals surface area contributed by atoms with Crippen LogP contribution >= 0.6 is 0 Å². The zero-order valence-electron chi connectivity index (χ0n) is 13.9. The van der Waals surface area contributed by atoms with Gasteiger partial charge in [-0.2, -0.15) is 15.5 Å². The topological polar surface area (TPSA) is 133 Å². The first-order valence-electron chi connectivity index (χ1n) is 7.75. The lowest BCUT2D eigenvalue weighted by Crippen LogP contribution is -2.04. The molecule has 0 spiro atoms. The van der Waals surface area contributed by atoms with E-state index in [4.69, 9.17) is 15.6 Å². The van der Waals surface area contributed by atoms with E-state index in [1.165, 1.54) is 24.3 Å². The van der Waals surface area contributed by atoms with Crippen LogP contribution in [-0.4, -0.2) is 16.1 Å². The van der Waals surface area contributed by atoms with Gasteiger partial charge in [0.15, 0.2) is 0 Å². The summed E-state index contributed by atoms with van der Waals surface area (Å²) >= 11 is 0. The second kappa shape index (κ2) is 7.26. The third-order valence-corrected chi connectivity index (χ3v) is 3.77. The third kappa shape index (κ3) is 3.39. The van der Waals surface area contributed by atoms with Crippen molar-refractivity contribution in [3.8, 4) is 34.9 Å². The number of aromatic nitrogens is 1. The number of carboxylic acids is 1. The minimum atomic E-state index is -1.11. The van der Waals surface area contributed by atoms with Crippen LogP contribution in [-0.2, 0) is 0 Å². The number of pyridine rings is 1. The number of rotatable bonds is 4. The van der Waals surface area contributed by atoms with E-state index in [1.807, 2.05) is 12.1 Å². The monoisotopic (exact) mass is 356 g/mol. The Hall–Kier alpha value is -4.36. The highest BCUT2D eigenvalue weighted by atomic mass is 16.5. The van der Waals surface area contributed by atoms with E-state index in [0.717, 1.165) is 0 Å². The van der Waals surface area contributed by atoms with E-state index in [-0.39, 0.29) is 34.1 Å². The van der Waals surface area contributed by atoms with Crippen LogP contribution in [0, 0.1) is 22.7 Å². The highest BCUT2D eigenvalue weighted by molar-refractivity contribution is 5.88. The smallest absolute Gasteiger partial charge is 0.335 e. The number of anilines is 1. The molecule has 0 radical (unpaired) electrons. The maximum atomic E-state index is 11.1. The Kier molecular flexibility index (Phi) is 4.69. The standard InChI is InChI=1S/C20H12N4O3/c21-10-15-17(12-5-2-1-3-6-12)16(11-22)19(24-18(15)23)27-14-8-4-7-13(9-14)20(25)26/h1-9H,(H2,23,24)(H,25,26). The molecule has 3 aromatic rings. The minimum absolute atomic E-state index is 0.0240. The number of nitriles is 2. The van der Waals surface area contributed by atoms with Crippen LogP contribution in [0.25, 0.3) is 11.1 Å². The zero-order valence-corrected chi connectivity index (χ0v) is 13.9. The highest BCUT2D eigenvalue weighted by Gasteiger charge is 2.21. The number of aromatic carboxylic acids is 1. The summed E-state index contributed by atoms with van der Waals surface area (Å²) in [5.41, 5.74) is 6.97. The van der Waals surface area contributed by atoms with Crippen molar-refractivity contribution in [2.75, 3.05) is 5.73 Å². The predicted octanol–water partition coefficient (Wildman–Crippen LogP) is 3.56. The summed E-state index contributed by atoms with van der Waals surface area (Å²) in [5.74, 6) is -1.12. The summed E-state index contributed by atoms with van der Waals surface area (Å²) in [6, 6.07) is 18.6. The molecule has 0 bridgehead atoms. The van der Waals surface area contributed by atoms with Gasteiger partial charge in [-0.15, -0.1) is 0 Å². The molecular formula is C20H12N4O3. The molecule has 1 aromatic heterocycles. The van der Waals surface area contributed by atoms with Gasteiger partial charge in [0.2, 0.25) is 5.88 Å². The van der Waals surface area contributed by atoms with E-state index >= 15 is 0 Å². The molecule has 7 nitrogen and oxygen atoms in total. The minimum Gasteiger partial charge on any atom is -0.478 e. The summed E-state index contributed by atoms with van der Waals surface area (Å²) in [4.78, 5) is 15.2. The van der Waals surface area contributed by atoms with Gasteiger partial charge < -0.3 is 15.6 Å². The summed E-state index contributed by atoms with van der Waals surface area (Å²) in [6.07, 6.45) is 0. The first kappa shape index (κ1) is 17.5. The van der Waals surface area contributed by atoms with Crippen molar-refractivity contribution in [2.24, 2.45) is 0 Å². The molecule has 7 heteroatoms. The fraction of sp³-hybridized carbons (Fsp3) is 0. The van der Waals surface area contributed by atoms with Crippen LogP contribution in [0.3, 0.4) is 0 Å². The van der Waals surface area contributed by atoms with Crippen LogP contribution in [0.1, 0.15) is 21.5 Å². The molecule has 0 aliphatic carbocycles. The number of nitrogens with zero attached hydrogens (tertiary/aromatic N) is 3. The van der Waals surface area contributed by atoms with Gasteiger partial charge in [-0.1, -0.05) is 36.4 Å². The van der Waals surface area contributed by atoms with Crippen molar-refractivity contribution in [1.29, 1.82) is 10.5 Å². The Bertz CT molecular complexity index is 1110. The molecule has 0 fully saturated rings. The summed E-state index contributed by atoms with van der Waals surface area (Å²) in [5, 5.41) is 28.3. The molecule has 2 aromatic carbocycles. The number of nitrogen functional groups attached to an aromatic ring is 1. The quantitative estimate of drug-likeness (QED) is 0.730. The largest absolute Gasteiger partial charge is 0.478 e. The number of carboxylic acid groups (broad SMARTS) is 1. The molecule has 0 saturated heterocycles. The maximum Gasteiger partial charge on any atom is 0.335 e. The lowest BCUT2D eigenvalue weighted by atomic mass is 9.96. The molecule has 0 amide bonds. The van der Waals surface area contributed by atoms with Crippen molar-refractivity contribution >= 4 is 11.8 Å². The Balaban J connectivity index is 2.19. The van der Waals surface area contributed by atoms with Gasteiger partial charge in [-0.05, 0) is 23.8 Å². The van der Waals surface area contributed by atoms with Crippen LogP contribution < -0.4 is 10.5 Å². The van der Waals surface area contributed by atoms with E-state index < -0.39 is 5.97 Å². The predicted molar refractivity (Wildman–Crippen MR) is 97.0 cm³/mol. The van der Waals surface area contributed by atoms with Gasteiger partial charge in [0.05, 0.1) is 5.56 Å². The van der Waals surface area contributed by atoms with E-state index in [2.05, 4.69) is 4.98 Å². The van der Waals surface area contributed by atoms with Crippen molar-refractivity contribution in [3.63, 3.8) is 0 Å². The molecule has 0 aliphatic heterocycles. The third-order valence-electron chi connectivity index (χ3n) is 3.77. The van der Waals surface area contributed by atoms with Crippen LogP contribution in [0.5, 0.6) is 11.6 Å². The molecule has 3 rings (SSSR count). The number of nitrogens with two attached hydrogens (primary N) is 1. The number of carbonyl (C=O) groups is 1. The number of hydrogen-bond acceptors (Lipinski definition) is 6. The normalized spacial score (nSPS) is 9.85. The SMILES string of the molecule is N#Cc1c(N)nc(Oc2cccc(C(=O)O)c2)c(C#N)c1-c1ccccc1. The Morgan fingerprint density at radius 2 is 1.74 bits per heavy atom.